The van der Waals surface area contributed by atoms with Crippen molar-refractivity contribution in [2.75, 3.05) is 0 Å². The van der Waals surface area contributed by atoms with Crippen LogP contribution in [0.5, 0.6) is 0 Å². The van der Waals surface area contributed by atoms with Crippen molar-refractivity contribution in [2.45, 2.75) is 0 Å². The maximum absolute atomic E-state index is 9.46. The summed E-state index contributed by atoms with van der Waals surface area (Å²) < 4.78 is 0. The van der Waals surface area contributed by atoms with E-state index in [1.807, 2.05) is 54.6 Å². The van der Waals surface area contributed by atoms with Crippen molar-refractivity contribution in [1.82, 2.24) is 0 Å². The number of benzene rings is 3. The zero-order chi connectivity index (χ0) is 15.3. The van der Waals surface area contributed by atoms with Crippen LogP contribution in [0.2, 0.25) is 0 Å². The Morgan fingerprint density at radius 1 is 0.545 bits per heavy atom. The van der Waals surface area contributed by atoms with E-state index in [1.54, 1.807) is 0 Å². The minimum Gasteiger partial charge on any atom is -0.462 e. The van der Waals surface area contributed by atoms with E-state index in [0.717, 1.165) is 0 Å². The van der Waals surface area contributed by atoms with Crippen molar-refractivity contribution in [1.29, 1.82) is 0 Å². The van der Waals surface area contributed by atoms with Gasteiger partial charge in [0.15, 0.2) is 0 Å². The zero-order valence-electron chi connectivity index (χ0n) is 12.1. The summed E-state index contributed by atoms with van der Waals surface area (Å²) in [5.41, 5.74) is 3.19. The van der Waals surface area contributed by atoms with Gasteiger partial charge in [-0.15, -0.1) is 0 Å². The van der Waals surface area contributed by atoms with Gasteiger partial charge in [-0.05, 0) is 15.6 Å². The third kappa shape index (κ3) is 2.43. The zero-order valence-corrected chi connectivity index (χ0v) is 13.1. The molecule has 1 nitrogen and oxygen atoms in total. The molecule has 0 fully saturated rings. The van der Waals surface area contributed by atoms with Gasteiger partial charge in [0, 0.05) is 0 Å². The van der Waals surface area contributed by atoms with Crippen molar-refractivity contribution in [3.05, 3.63) is 91.0 Å². The van der Waals surface area contributed by atoms with Crippen molar-refractivity contribution in [3.63, 3.8) is 0 Å². The van der Waals surface area contributed by atoms with Crippen molar-refractivity contribution in [3.8, 4) is 11.7 Å². The molecule has 0 saturated carbocycles. The fourth-order valence-corrected chi connectivity index (χ4v) is 6.54. The Bertz CT molecular complexity index is 690. The third-order valence-electron chi connectivity index (χ3n) is 3.86. The average molecular weight is 300 g/mol. The summed E-state index contributed by atoms with van der Waals surface area (Å²) in [5, 5.41) is 13.0. The predicted octanol–water partition coefficient (Wildman–Crippen LogP) is 2.03. The molecule has 0 atom stereocenters. The fourth-order valence-electron chi connectivity index (χ4n) is 2.86. The second-order valence-corrected chi connectivity index (χ2v) is 8.57. The van der Waals surface area contributed by atoms with E-state index in [4.69, 9.17) is 0 Å². The highest BCUT2D eigenvalue weighted by Crippen LogP contribution is 2.06. The highest BCUT2D eigenvalue weighted by molar-refractivity contribution is 7.16. The van der Waals surface area contributed by atoms with Crippen LogP contribution in [-0.4, -0.2) is 13.2 Å². The average Bonchev–Trinajstić information content (AvgIpc) is 2.62. The third-order valence-corrected chi connectivity index (χ3v) is 7.95. The molecule has 0 aliphatic carbocycles. The standard InChI is InChI=1S/C20H16OSi/c21-16-17-22(18-10-4-1-5-11-18,19-12-6-2-7-13-19)20-14-8-3-9-15-20/h1-15,21H. The van der Waals surface area contributed by atoms with Gasteiger partial charge in [0.25, 0.3) is 0 Å². The second-order valence-electron chi connectivity index (χ2n) is 5.08. The molecule has 3 rings (SSSR count). The summed E-state index contributed by atoms with van der Waals surface area (Å²) in [6.07, 6.45) is 2.22. The second kappa shape index (κ2) is 6.34. The molecule has 2 heteroatoms. The van der Waals surface area contributed by atoms with Gasteiger partial charge in [-0.3, -0.25) is 0 Å². The fraction of sp³-hybridized carbons (Fsp3) is 0. The topological polar surface area (TPSA) is 20.2 Å². The number of aliphatic hydroxyl groups is 1. The lowest BCUT2D eigenvalue weighted by molar-refractivity contribution is 0.518. The van der Waals surface area contributed by atoms with Crippen LogP contribution in [0.1, 0.15) is 0 Å². The molecule has 106 valence electrons. The highest BCUT2D eigenvalue weighted by Gasteiger charge is 2.38. The molecule has 1 N–H and O–H groups in total. The SMILES string of the molecule is OC#C[Si](c1ccccc1)(c1ccccc1)c1ccccc1. The van der Waals surface area contributed by atoms with Crippen molar-refractivity contribution in [2.24, 2.45) is 0 Å². The molecule has 0 aliphatic heterocycles. The number of rotatable bonds is 3. The van der Waals surface area contributed by atoms with Gasteiger partial charge >= 0.3 is 0 Å². The van der Waals surface area contributed by atoms with E-state index in [1.165, 1.54) is 15.6 Å². The van der Waals surface area contributed by atoms with Crippen LogP contribution in [0.3, 0.4) is 0 Å². The van der Waals surface area contributed by atoms with Crippen LogP contribution in [0.25, 0.3) is 0 Å². The molecule has 0 unspecified atom stereocenters. The minimum absolute atomic E-state index is 1.17. The molecule has 3 aromatic rings. The lowest BCUT2D eigenvalue weighted by Gasteiger charge is -2.27. The summed E-state index contributed by atoms with van der Waals surface area (Å²) in [6.45, 7) is 0. The highest BCUT2D eigenvalue weighted by atomic mass is 28.3. The summed E-state index contributed by atoms with van der Waals surface area (Å²) in [4.78, 5) is 0. The molecular weight excluding hydrogens is 284 g/mol. The first-order valence-corrected chi connectivity index (χ1v) is 9.21. The van der Waals surface area contributed by atoms with Gasteiger partial charge in [-0.1, -0.05) is 96.5 Å². The quantitative estimate of drug-likeness (QED) is 0.446. The van der Waals surface area contributed by atoms with E-state index in [0.29, 0.717) is 0 Å². The molecule has 0 saturated heterocycles. The van der Waals surface area contributed by atoms with Crippen molar-refractivity contribution < 1.29 is 5.11 Å². The molecule has 0 aromatic heterocycles. The van der Waals surface area contributed by atoms with Gasteiger partial charge in [-0.2, -0.15) is 0 Å². The molecule has 0 spiro atoms. The number of hydrogen-bond donors (Lipinski definition) is 1. The molecule has 0 aliphatic rings. The van der Waals surface area contributed by atoms with Crippen molar-refractivity contribution >= 4 is 23.6 Å². The van der Waals surface area contributed by atoms with Gasteiger partial charge in [0.2, 0.25) is 8.07 Å². The molecule has 0 amide bonds. The Hall–Kier alpha value is -2.76. The van der Waals surface area contributed by atoms with E-state index >= 15 is 0 Å². The summed E-state index contributed by atoms with van der Waals surface area (Å²) in [5.74, 6) is 0. The number of hydrogen-bond acceptors (Lipinski definition) is 1. The normalized spacial score (nSPS) is 10.5. The smallest absolute Gasteiger partial charge is 0.234 e. The Labute approximate surface area is 131 Å². The summed E-state index contributed by atoms with van der Waals surface area (Å²) in [7, 11) is -2.53. The van der Waals surface area contributed by atoms with Gasteiger partial charge < -0.3 is 5.11 Å². The maximum atomic E-state index is 9.46. The minimum atomic E-state index is -2.53. The molecule has 0 radical (unpaired) electrons. The predicted molar refractivity (Wildman–Crippen MR) is 93.7 cm³/mol. The molecule has 22 heavy (non-hydrogen) atoms. The Balaban J connectivity index is 2.36. The van der Waals surface area contributed by atoms with Gasteiger partial charge in [0.1, 0.15) is 6.11 Å². The lowest BCUT2D eigenvalue weighted by Crippen LogP contribution is -2.66. The Morgan fingerprint density at radius 2 is 0.864 bits per heavy atom. The van der Waals surface area contributed by atoms with Crippen LogP contribution >= 0.6 is 0 Å². The van der Waals surface area contributed by atoms with E-state index in [-0.39, 0.29) is 0 Å². The lowest BCUT2D eigenvalue weighted by atomic mass is 10.3. The number of aliphatic hydroxyl groups excluding tert-OH is 1. The van der Waals surface area contributed by atoms with Crippen LogP contribution in [0, 0.1) is 11.7 Å². The first kappa shape index (κ1) is 14.2. The van der Waals surface area contributed by atoms with E-state index in [9.17, 15) is 5.11 Å². The Kier molecular flexibility index (Phi) is 4.09. The summed E-state index contributed by atoms with van der Waals surface area (Å²) >= 11 is 0. The monoisotopic (exact) mass is 300 g/mol. The largest absolute Gasteiger partial charge is 0.462 e. The van der Waals surface area contributed by atoms with Gasteiger partial charge in [0.05, 0.1) is 0 Å². The van der Waals surface area contributed by atoms with E-state index < -0.39 is 8.07 Å². The van der Waals surface area contributed by atoms with E-state index in [2.05, 4.69) is 48.0 Å². The summed E-state index contributed by atoms with van der Waals surface area (Å²) in [6, 6.07) is 30.8. The molecular formula is C20H16OSi. The molecule has 3 aromatic carbocycles. The van der Waals surface area contributed by atoms with Crippen LogP contribution in [0.15, 0.2) is 91.0 Å². The maximum Gasteiger partial charge on any atom is 0.234 e. The first-order chi connectivity index (χ1) is 10.9. The first-order valence-electron chi connectivity index (χ1n) is 7.21. The molecule has 0 heterocycles. The van der Waals surface area contributed by atoms with Crippen LogP contribution < -0.4 is 15.6 Å². The Morgan fingerprint density at radius 3 is 1.14 bits per heavy atom. The van der Waals surface area contributed by atoms with Crippen LogP contribution in [0.4, 0.5) is 0 Å². The molecule has 0 bridgehead atoms. The van der Waals surface area contributed by atoms with Crippen LogP contribution in [-0.2, 0) is 0 Å². The van der Waals surface area contributed by atoms with Gasteiger partial charge in [-0.25, -0.2) is 0 Å².